The van der Waals surface area contributed by atoms with Gasteiger partial charge in [-0.1, -0.05) is 62.4 Å². The molecular formula is C39H58N4O7. The first-order valence-electron chi connectivity index (χ1n) is 17.3. The second-order valence-electron chi connectivity index (χ2n) is 15.4. The number of hydrogen-bond acceptors (Lipinski definition) is 7. The predicted molar refractivity (Wildman–Crippen MR) is 194 cm³/mol. The number of nitrogens with zero attached hydrogens (tertiary/aromatic N) is 1. The van der Waals surface area contributed by atoms with Crippen molar-refractivity contribution in [3.63, 3.8) is 0 Å². The number of primary amides is 1. The Hall–Kier alpha value is -4.41. The van der Waals surface area contributed by atoms with Crippen LogP contribution in [-0.2, 0) is 35.1 Å². The molecule has 2 aromatic rings. The van der Waals surface area contributed by atoms with Crippen LogP contribution in [0.5, 0.6) is 0 Å². The number of alkyl carbamates (subject to hydrolysis) is 1. The van der Waals surface area contributed by atoms with Gasteiger partial charge in [-0.05, 0) is 103 Å². The maximum absolute atomic E-state index is 14.8. The monoisotopic (exact) mass is 694 g/mol. The van der Waals surface area contributed by atoms with Gasteiger partial charge in [-0.3, -0.25) is 14.4 Å². The van der Waals surface area contributed by atoms with Crippen LogP contribution >= 0.6 is 0 Å². The molecular weight excluding hydrogens is 636 g/mol. The lowest BCUT2D eigenvalue weighted by Crippen LogP contribution is -2.57. The molecule has 0 bridgehead atoms. The number of nitrogens with one attached hydrogen (secondary N) is 2. The normalized spacial score (nSPS) is 14.2. The number of aryl methyl sites for hydroxylation is 1. The van der Waals surface area contributed by atoms with E-state index in [2.05, 4.69) is 24.5 Å². The van der Waals surface area contributed by atoms with Crippen LogP contribution in [0.1, 0.15) is 110 Å². The summed E-state index contributed by atoms with van der Waals surface area (Å²) >= 11 is 0. The molecule has 4 N–H and O–H groups in total. The van der Waals surface area contributed by atoms with E-state index < -0.39 is 71.6 Å². The number of rotatable bonds is 15. The number of nitrogens with two attached hydrogens (primary N) is 1. The molecule has 11 heteroatoms. The Kier molecular flexibility index (Phi) is 15.0. The lowest BCUT2D eigenvalue weighted by Gasteiger charge is -2.39. The van der Waals surface area contributed by atoms with E-state index in [4.69, 9.17) is 15.2 Å². The van der Waals surface area contributed by atoms with E-state index >= 15 is 0 Å². The van der Waals surface area contributed by atoms with Gasteiger partial charge in [-0.2, -0.15) is 0 Å². The molecule has 4 unspecified atom stereocenters. The van der Waals surface area contributed by atoms with E-state index in [1.807, 2.05) is 57.2 Å². The highest BCUT2D eigenvalue weighted by Crippen LogP contribution is 2.31. The van der Waals surface area contributed by atoms with Gasteiger partial charge >= 0.3 is 12.1 Å². The minimum Gasteiger partial charge on any atom is -0.458 e. The molecule has 0 aliphatic carbocycles. The first-order valence-corrected chi connectivity index (χ1v) is 17.3. The van der Waals surface area contributed by atoms with Crippen molar-refractivity contribution in [2.24, 2.45) is 11.7 Å². The maximum Gasteiger partial charge on any atom is 0.408 e. The highest BCUT2D eigenvalue weighted by atomic mass is 16.6. The van der Waals surface area contributed by atoms with Crippen LogP contribution in [0.25, 0.3) is 0 Å². The summed E-state index contributed by atoms with van der Waals surface area (Å²) in [6.45, 7) is 20.0. The highest BCUT2D eigenvalue weighted by molar-refractivity contribution is 5.96. The molecule has 0 saturated heterocycles. The van der Waals surface area contributed by atoms with Gasteiger partial charge in [0.15, 0.2) is 0 Å². The minimum atomic E-state index is -1.43. The number of benzene rings is 2. The summed E-state index contributed by atoms with van der Waals surface area (Å²) in [5.74, 6) is -2.48. The minimum absolute atomic E-state index is 0.141. The molecule has 0 heterocycles. The van der Waals surface area contributed by atoms with Gasteiger partial charge in [0.05, 0.1) is 6.42 Å². The Morgan fingerprint density at radius 1 is 0.780 bits per heavy atom. The third-order valence-electron chi connectivity index (χ3n) is 8.04. The average Bonchev–Trinajstić information content (AvgIpc) is 2.97. The zero-order valence-electron chi connectivity index (χ0n) is 31.7. The first-order chi connectivity index (χ1) is 23.1. The van der Waals surface area contributed by atoms with Gasteiger partial charge in [0.2, 0.25) is 17.7 Å². The Morgan fingerprint density at radius 3 is 1.92 bits per heavy atom. The van der Waals surface area contributed by atoms with E-state index in [0.717, 1.165) is 23.1 Å². The van der Waals surface area contributed by atoms with Crippen molar-refractivity contribution in [3.05, 3.63) is 70.8 Å². The van der Waals surface area contributed by atoms with Crippen molar-refractivity contribution in [3.8, 4) is 0 Å². The molecule has 0 aromatic heterocycles. The van der Waals surface area contributed by atoms with Gasteiger partial charge in [-0.25, -0.2) is 9.59 Å². The van der Waals surface area contributed by atoms with E-state index in [1.165, 1.54) is 4.90 Å². The van der Waals surface area contributed by atoms with Crippen molar-refractivity contribution in [2.75, 3.05) is 0 Å². The smallest absolute Gasteiger partial charge is 0.408 e. The summed E-state index contributed by atoms with van der Waals surface area (Å²) < 4.78 is 11.2. The molecule has 0 radical (unpaired) electrons. The van der Waals surface area contributed by atoms with Gasteiger partial charge in [0.1, 0.15) is 29.3 Å². The standard InChI is InChI=1S/C39H58N4O7/c1-24(2)20-21-26(4)43(35(46)30(23-32(40)44)42-37(48)50-39(9,10)11)33(29-19-15-16-25(3)27(29)5)34(45)41-31(36(47)49-38(6,7)8)22-28-17-13-12-14-18-28/h12-19,24,26,30-31,33H,20-23H2,1-11H3,(H2,40,44)(H,41,45)(H,42,48). The zero-order chi connectivity index (χ0) is 38.0. The largest absolute Gasteiger partial charge is 0.458 e. The first kappa shape index (κ1) is 41.8. The summed E-state index contributed by atoms with van der Waals surface area (Å²) in [7, 11) is 0. The van der Waals surface area contributed by atoms with Crippen molar-refractivity contribution < 1.29 is 33.4 Å². The SMILES string of the molecule is Cc1cccc(C(C(=O)NC(Cc2ccccc2)C(=O)OC(C)(C)C)N(C(=O)C(CC(N)=O)NC(=O)OC(C)(C)C)C(C)CCC(C)C)c1C. The lowest BCUT2D eigenvalue weighted by atomic mass is 9.92. The van der Waals surface area contributed by atoms with Crippen LogP contribution in [0.3, 0.4) is 0 Å². The molecule has 0 saturated carbocycles. The van der Waals surface area contributed by atoms with Crippen LogP contribution < -0.4 is 16.4 Å². The molecule has 2 aromatic carbocycles. The molecule has 4 amide bonds. The fourth-order valence-electron chi connectivity index (χ4n) is 5.50. The van der Waals surface area contributed by atoms with Crippen LogP contribution in [-0.4, -0.2) is 64.0 Å². The lowest BCUT2D eigenvalue weighted by molar-refractivity contribution is -0.159. The third-order valence-corrected chi connectivity index (χ3v) is 8.04. The van der Waals surface area contributed by atoms with E-state index in [0.29, 0.717) is 12.0 Å². The van der Waals surface area contributed by atoms with E-state index in [1.54, 1.807) is 53.7 Å². The second kappa shape index (κ2) is 18.0. The average molecular weight is 695 g/mol. The summed E-state index contributed by atoms with van der Waals surface area (Å²) in [6.07, 6.45) is -0.0651. The molecule has 0 spiro atoms. The Morgan fingerprint density at radius 2 is 1.38 bits per heavy atom. The number of ether oxygens (including phenoxy) is 2. The Labute approximate surface area is 298 Å². The number of carbonyl (C=O) groups excluding carboxylic acids is 5. The number of hydrogen-bond donors (Lipinski definition) is 3. The maximum atomic E-state index is 14.8. The summed E-state index contributed by atoms with van der Waals surface area (Å²) in [4.78, 5) is 69.9. The summed E-state index contributed by atoms with van der Waals surface area (Å²) in [5, 5.41) is 5.46. The molecule has 2 rings (SSSR count). The fraction of sp³-hybridized carbons (Fsp3) is 0.564. The third kappa shape index (κ3) is 13.5. The Balaban J connectivity index is 2.78. The van der Waals surface area contributed by atoms with Gasteiger partial charge in [0, 0.05) is 12.5 Å². The van der Waals surface area contributed by atoms with Gasteiger partial charge < -0.3 is 30.7 Å². The van der Waals surface area contributed by atoms with E-state index in [9.17, 15) is 24.0 Å². The van der Waals surface area contributed by atoms with Crippen LogP contribution in [0.15, 0.2) is 48.5 Å². The van der Waals surface area contributed by atoms with Crippen LogP contribution in [0.2, 0.25) is 0 Å². The van der Waals surface area contributed by atoms with Gasteiger partial charge in [0.25, 0.3) is 0 Å². The molecule has 4 atom stereocenters. The topological polar surface area (TPSA) is 157 Å². The van der Waals surface area contributed by atoms with Gasteiger partial charge in [-0.15, -0.1) is 0 Å². The van der Waals surface area contributed by atoms with Crippen molar-refractivity contribution in [2.45, 2.75) is 137 Å². The molecule has 50 heavy (non-hydrogen) atoms. The molecule has 276 valence electrons. The summed E-state index contributed by atoms with van der Waals surface area (Å²) in [6, 6.07) is 10.4. The van der Waals surface area contributed by atoms with Crippen molar-refractivity contribution in [1.82, 2.24) is 15.5 Å². The number of carbonyl (C=O) groups is 5. The Bertz CT molecular complexity index is 1480. The van der Waals surface area contributed by atoms with E-state index in [-0.39, 0.29) is 12.3 Å². The highest BCUT2D eigenvalue weighted by Gasteiger charge is 2.41. The predicted octanol–water partition coefficient (Wildman–Crippen LogP) is 5.84. The fourth-order valence-corrected chi connectivity index (χ4v) is 5.50. The van der Waals surface area contributed by atoms with Crippen molar-refractivity contribution in [1.29, 1.82) is 0 Å². The van der Waals surface area contributed by atoms with Crippen molar-refractivity contribution >= 4 is 29.8 Å². The van der Waals surface area contributed by atoms with Crippen LogP contribution in [0, 0.1) is 19.8 Å². The quantitative estimate of drug-likeness (QED) is 0.198. The molecule has 0 fully saturated rings. The summed E-state index contributed by atoms with van der Waals surface area (Å²) in [5.41, 5.74) is 6.86. The number of amides is 4. The van der Waals surface area contributed by atoms with Crippen LogP contribution in [0.4, 0.5) is 4.79 Å². The number of esters is 1. The second-order valence-corrected chi connectivity index (χ2v) is 15.4. The molecule has 11 nitrogen and oxygen atoms in total. The molecule has 0 aliphatic heterocycles. The molecule has 0 aliphatic rings. The zero-order valence-corrected chi connectivity index (χ0v) is 31.7.